The number of methoxy groups -OCH3 is 1. The molecule has 5 rings (SSSR count). The lowest BCUT2D eigenvalue weighted by Gasteiger charge is -2.11. The van der Waals surface area contributed by atoms with E-state index >= 15 is 0 Å². The van der Waals surface area contributed by atoms with Gasteiger partial charge in [-0.15, -0.1) is 10.2 Å². The van der Waals surface area contributed by atoms with Crippen molar-refractivity contribution in [2.75, 3.05) is 7.11 Å². The summed E-state index contributed by atoms with van der Waals surface area (Å²) in [6.07, 6.45) is 2.04. The Kier molecular flexibility index (Phi) is 5.60. The molecule has 0 amide bonds. The van der Waals surface area contributed by atoms with Crippen LogP contribution in [0.3, 0.4) is 0 Å². The van der Waals surface area contributed by atoms with Crippen molar-refractivity contribution in [2.24, 2.45) is 0 Å². The fraction of sp³-hybridized carbons (Fsp3) is 0.200. The van der Waals surface area contributed by atoms with E-state index in [1.807, 2.05) is 41.8 Å². The third-order valence-electron chi connectivity index (χ3n) is 5.43. The summed E-state index contributed by atoms with van der Waals surface area (Å²) in [5.74, 6) is 2.98. The molecule has 0 radical (unpaired) electrons. The summed E-state index contributed by atoms with van der Waals surface area (Å²) in [7, 11) is 1.66. The summed E-state index contributed by atoms with van der Waals surface area (Å²) in [5.41, 5.74) is 6.22. The van der Waals surface area contributed by atoms with Gasteiger partial charge in [0.1, 0.15) is 5.75 Å². The standard InChI is InChI=1S/C25H24N6OS/c1-16-5-9-21(10-6-16)31-23(19-7-11-22(32-4)12-8-19)28-29-25(31)33-15-20-14-30-18(3)13-17(2)26-24(30)27-20/h5-14H,15H2,1-4H3. The topological polar surface area (TPSA) is 70.1 Å². The zero-order valence-corrected chi connectivity index (χ0v) is 19.8. The summed E-state index contributed by atoms with van der Waals surface area (Å²) in [5, 5.41) is 9.87. The highest BCUT2D eigenvalue weighted by molar-refractivity contribution is 7.98. The summed E-state index contributed by atoms with van der Waals surface area (Å²) >= 11 is 1.61. The van der Waals surface area contributed by atoms with Gasteiger partial charge in [0.25, 0.3) is 0 Å². The van der Waals surface area contributed by atoms with E-state index in [0.717, 1.165) is 50.8 Å². The maximum absolute atomic E-state index is 5.31. The van der Waals surface area contributed by atoms with Crippen LogP contribution in [-0.4, -0.2) is 36.2 Å². The number of nitrogens with zero attached hydrogens (tertiary/aromatic N) is 6. The maximum atomic E-state index is 5.31. The average Bonchev–Trinajstić information content (AvgIpc) is 3.42. The number of imidazole rings is 1. The first-order chi connectivity index (χ1) is 16.0. The number of aromatic nitrogens is 6. The van der Waals surface area contributed by atoms with Crippen LogP contribution in [-0.2, 0) is 5.75 Å². The summed E-state index contributed by atoms with van der Waals surface area (Å²) in [6, 6.07) is 18.3. The smallest absolute Gasteiger partial charge is 0.234 e. The van der Waals surface area contributed by atoms with E-state index in [1.54, 1.807) is 18.9 Å². The second kappa shape index (κ2) is 8.71. The molecule has 166 valence electrons. The van der Waals surface area contributed by atoms with Crippen LogP contribution in [0, 0.1) is 20.8 Å². The van der Waals surface area contributed by atoms with Gasteiger partial charge in [-0.25, -0.2) is 9.97 Å². The van der Waals surface area contributed by atoms with Crippen molar-refractivity contribution in [3.63, 3.8) is 0 Å². The molecular formula is C25H24N6OS. The summed E-state index contributed by atoms with van der Waals surface area (Å²) in [6.45, 7) is 6.13. The fourth-order valence-electron chi connectivity index (χ4n) is 3.74. The Morgan fingerprint density at radius 3 is 2.39 bits per heavy atom. The SMILES string of the molecule is COc1ccc(-c2nnc(SCc3cn4c(C)cc(C)nc4n3)n2-c2ccc(C)cc2)cc1. The first kappa shape index (κ1) is 21.2. The van der Waals surface area contributed by atoms with Crippen molar-refractivity contribution in [1.82, 2.24) is 29.1 Å². The lowest BCUT2D eigenvalue weighted by molar-refractivity contribution is 0.415. The molecule has 3 heterocycles. The molecule has 2 aromatic carbocycles. The van der Waals surface area contributed by atoms with Crippen LogP contribution in [0.25, 0.3) is 22.9 Å². The minimum atomic E-state index is 0.661. The number of ether oxygens (including phenoxy) is 1. The van der Waals surface area contributed by atoms with Crippen LogP contribution >= 0.6 is 11.8 Å². The Hall–Kier alpha value is -3.65. The Balaban J connectivity index is 1.51. The second-order valence-electron chi connectivity index (χ2n) is 7.94. The molecule has 0 atom stereocenters. The quantitative estimate of drug-likeness (QED) is 0.327. The molecule has 0 aliphatic carbocycles. The van der Waals surface area contributed by atoms with Gasteiger partial charge in [-0.05, 0) is 63.2 Å². The summed E-state index contributed by atoms with van der Waals surface area (Å²) < 4.78 is 9.42. The minimum absolute atomic E-state index is 0.661. The van der Waals surface area contributed by atoms with Gasteiger partial charge in [0.2, 0.25) is 5.78 Å². The number of hydrogen-bond acceptors (Lipinski definition) is 6. The van der Waals surface area contributed by atoms with E-state index in [1.165, 1.54) is 5.56 Å². The Bertz CT molecular complexity index is 1420. The van der Waals surface area contributed by atoms with Crippen LogP contribution in [0.15, 0.2) is 66.0 Å². The third kappa shape index (κ3) is 4.21. The fourth-order valence-corrected chi connectivity index (χ4v) is 4.58. The number of fused-ring (bicyclic) bond motifs is 1. The molecule has 0 aliphatic rings. The van der Waals surface area contributed by atoms with E-state index in [9.17, 15) is 0 Å². The first-order valence-corrected chi connectivity index (χ1v) is 11.6. The Labute approximate surface area is 196 Å². The monoisotopic (exact) mass is 456 g/mol. The van der Waals surface area contributed by atoms with Gasteiger partial charge >= 0.3 is 0 Å². The van der Waals surface area contributed by atoms with Crippen molar-refractivity contribution < 1.29 is 4.74 Å². The van der Waals surface area contributed by atoms with Crippen LogP contribution in [0.5, 0.6) is 5.75 Å². The van der Waals surface area contributed by atoms with Crippen LogP contribution in [0.1, 0.15) is 22.6 Å². The van der Waals surface area contributed by atoms with Gasteiger partial charge in [-0.3, -0.25) is 8.97 Å². The van der Waals surface area contributed by atoms with Crippen molar-refractivity contribution in [3.05, 3.63) is 83.4 Å². The van der Waals surface area contributed by atoms with Crippen LogP contribution in [0.2, 0.25) is 0 Å². The minimum Gasteiger partial charge on any atom is -0.497 e. The van der Waals surface area contributed by atoms with Gasteiger partial charge < -0.3 is 4.74 Å². The zero-order chi connectivity index (χ0) is 22.9. The van der Waals surface area contributed by atoms with Crippen LogP contribution in [0.4, 0.5) is 0 Å². The van der Waals surface area contributed by atoms with E-state index in [-0.39, 0.29) is 0 Å². The normalized spacial score (nSPS) is 11.3. The van der Waals surface area contributed by atoms with E-state index in [2.05, 4.69) is 63.9 Å². The molecule has 0 saturated carbocycles. The predicted octanol–water partition coefficient (Wildman–Crippen LogP) is 5.20. The van der Waals surface area contributed by atoms with Gasteiger partial charge in [0.15, 0.2) is 11.0 Å². The highest BCUT2D eigenvalue weighted by Gasteiger charge is 2.17. The third-order valence-corrected chi connectivity index (χ3v) is 6.40. The number of rotatable bonds is 6. The highest BCUT2D eigenvalue weighted by atomic mass is 32.2. The molecule has 33 heavy (non-hydrogen) atoms. The molecule has 5 aromatic rings. The van der Waals surface area contributed by atoms with Gasteiger partial charge in [-0.1, -0.05) is 29.5 Å². The molecule has 0 aliphatic heterocycles. The highest BCUT2D eigenvalue weighted by Crippen LogP contribution is 2.30. The van der Waals surface area contributed by atoms with Crippen LogP contribution < -0.4 is 4.74 Å². The molecule has 0 saturated heterocycles. The van der Waals surface area contributed by atoms with Gasteiger partial charge in [0.05, 0.1) is 12.8 Å². The molecule has 0 unspecified atom stereocenters. The Morgan fingerprint density at radius 1 is 0.909 bits per heavy atom. The molecule has 0 fully saturated rings. The zero-order valence-electron chi connectivity index (χ0n) is 19.0. The second-order valence-corrected chi connectivity index (χ2v) is 8.88. The first-order valence-electron chi connectivity index (χ1n) is 10.6. The number of aryl methyl sites for hydroxylation is 3. The summed E-state index contributed by atoms with van der Waals surface area (Å²) in [4.78, 5) is 9.25. The lowest BCUT2D eigenvalue weighted by Crippen LogP contribution is -2.00. The molecular weight excluding hydrogens is 432 g/mol. The Morgan fingerprint density at radius 2 is 1.67 bits per heavy atom. The number of thioether (sulfide) groups is 1. The van der Waals surface area contributed by atoms with Crippen molar-refractivity contribution in [2.45, 2.75) is 31.7 Å². The van der Waals surface area contributed by atoms with E-state index in [0.29, 0.717) is 5.75 Å². The number of benzene rings is 2. The van der Waals surface area contributed by atoms with E-state index < -0.39 is 0 Å². The molecule has 7 nitrogen and oxygen atoms in total. The predicted molar refractivity (Wildman–Crippen MR) is 130 cm³/mol. The average molecular weight is 457 g/mol. The molecule has 0 spiro atoms. The van der Waals surface area contributed by atoms with Crippen molar-refractivity contribution >= 4 is 17.5 Å². The molecule has 0 N–H and O–H groups in total. The van der Waals surface area contributed by atoms with Gasteiger partial charge in [-0.2, -0.15) is 0 Å². The maximum Gasteiger partial charge on any atom is 0.234 e. The molecule has 8 heteroatoms. The lowest BCUT2D eigenvalue weighted by atomic mass is 10.2. The molecule has 3 aromatic heterocycles. The van der Waals surface area contributed by atoms with E-state index in [4.69, 9.17) is 9.72 Å². The largest absolute Gasteiger partial charge is 0.497 e. The van der Waals surface area contributed by atoms with Crippen molar-refractivity contribution in [3.8, 4) is 22.8 Å². The van der Waals surface area contributed by atoms with Gasteiger partial charge in [0, 0.05) is 34.6 Å². The van der Waals surface area contributed by atoms with Crippen molar-refractivity contribution in [1.29, 1.82) is 0 Å². The molecule has 0 bridgehead atoms. The number of hydrogen-bond donors (Lipinski definition) is 0.